The molecule has 1 aromatic rings. The summed E-state index contributed by atoms with van der Waals surface area (Å²) in [5, 5.41) is 9.28. The number of methoxy groups -OCH3 is 2. The molecule has 5 heteroatoms. The number of hydrogen-bond acceptors (Lipinski definition) is 5. The summed E-state index contributed by atoms with van der Waals surface area (Å²) in [7, 11) is 3.38. The molecule has 0 amide bonds. The SMILES string of the molecule is COc1cc2c(cc1OC)C(COCCO)SCC1(CCCC1)C2. The van der Waals surface area contributed by atoms with Crippen LogP contribution in [0.15, 0.2) is 12.1 Å². The van der Waals surface area contributed by atoms with Crippen LogP contribution in [0.4, 0.5) is 0 Å². The van der Waals surface area contributed by atoms with E-state index in [1.807, 2.05) is 11.8 Å². The summed E-state index contributed by atoms with van der Waals surface area (Å²) in [6.45, 7) is 1.09. The molecule has 2 aliphatic rings. The van der Waals surface area contributed by atoms with Crippen molar-refractivity contribution in [2.24, 2.45) is 5.41 Å². The number of hydrogen-bond donors (Lipinski definition) is 1. The molecular weight excluding hydrogens is 324 g/mol. The first-order valence-electron chi connectivity index (χ1n) is 8.76. The van der Waals surface area contributed by atoms with E-state index in [4.69, 9.17) is 19.3 Å². The van der Waals surface area contributed by atoms with Crippen LogP contribution in [0.25, 0.3) is 0 Å². The highest BCUT2D eigenvalue weighted by atomic mass is 32.2. The van der Waals surface area contributed by atoms with Gasteiger partial charge in [0, 0.05) is 0 Å². The fourth-order valence-corrected chi connectivity index (χ4v) is 5.59. The van der Waals surface area contributed by atoms with Crippen LogP contribution >= 0.6 is 11.8 Å². The van der Waals surface area contributed by atoms with Crippen molar-refractivity contribution in [2.45, 2.75) is 37.4 Å². The second-order valence-electron chi connectivity index (χ2n) is 6.89. The lowest BCUT2D eigenvalue weighted by atomic mass is 9.80. The topological polar surface area (TPSA) is 47.9 Å². The van der Waals surface area contributed by atoms with Crippen molar-refractivity contribution in [1.82, 2.24) is 0 Å². The Morgan fingerprint density at radius 1 is 1.17 bits per heavy atom. The number of aliphatic hydroxyl groups is 1. The van der Waals surface area contributed by atoms with Crippen LogP contribution in [0.2, 0.25) is 0 Å². The standard InChI is InChI=1S/C19H28O4S/c1-21-16-9-14-11-19(5-3-4-6-19)13-24-18(12-23-8-7-20)15(14)10-17(16)22-2/h9-10,18,20H,3-8,11-13H2,1-2H3. The summed E-state index contributed by atoms with van der Waals surface area (Å²) in [6.07, 6.45) is 6.44. The van der Waals surface area contributed by atoms with Crippen molar-refractivity contribution in [2.75, 3.05) is 39.8 Å². The van der Waals surface area contributed by atoms with Gasteiger partial charge in [-0.1, -0.05) is 12.8 Å². The Morgan fingerprint density at radius 2 is 1.88 bits per heavy atom. The molecule has 1 saturated carbocycles. The third kappa shape index (κ3) is 3.68. The maximum atomic E-state index is 9.00. The third-order valence-electron chi connectivity index (χ3n) is 5.32. The summed E-state index contributed by atoms with van der Waals surface area (Å²) >= 11 is 2.00. The van der Waals surface area contributed by atoms with Crippen LogP contribution in [0.5, 0.6) is 11.5 Å². The van der Waals surface area contributed by atoms with Gasteiger partial charge in [0.15, 0.2) is 11.5 Å². The largest absolute Gasteiger partial charge is 0.493 e. The average Bonchev–Trinajstić information content (AvgIpc) is 3.00. The molecule has 24 heavy (non-hydrogen) atoms. The van der Waals surface area contributed by atoms with Gasteiger partial charge in [-0.15, -0.1) is 0 Å². The summed E-state index contributed by atoms with van der Waals surface area (Å²) in [4.78, 5) is 0. The van der Waals surface area contributed by atoms with Crippen LogP contribution in [-0.4, -0.2) is 44.9 Å². The smallest absolute Gasteiger partial charge is 0.161 e. The van der Waals surface area contributed by atoms with Crippen LogP contribution in [0, 0.1) is 5.41 Å². The molecule has 134 valence electrons. The van der Waals surface area contributed by atoms with Crippen molar-refractivity contribution in [3.05, 3.63) is 23.3 Å². The molecule has 1 heterocycles. The zero-order chi connectivity index (χ0) is 17.0. The fourth-order valence-electron chi connectivity index (χ4n) is 4.05. The van der Waals surface area contributed by atoms with Gasteiger partial charge < -0.3 is 19.3 Å². The number of thioether (sulfide) groups is 1. The van der Waals surface area contributed by atoms with Gasteiger partial charge in [0.25, 0.3) is 0 Å². The van der Waals surface area contributed by atoms with Crippen LogP contribution in [0.1, 0.15) is 42.1 Å². The Labute approximate surface area is 148 Å². The van der Waals surface area contributed by atoms with E-state index in [0.717, 1.165) is 17.9 Å². The van der Waals surface area contributed by atoms with Crippen LogP contribution < -0.4 is 9.47 Å². The van der Waals surface area contributed by atoms with E-state index in [1.165, 1.54) is 42.6 Å². The molecule has 3 rings (SSSR count). The highest BCUT2D eigenvalue weighted by Crippen LogP contribution is 2.51. The van der Waals surface area contributed by atoms with Gasteiger partial charge in [0.2, 0.25) is 0 Å². The summed E-state index contributed by atoms with van der Waals surface area (Å²) in [5.41, 5.74) is 3.10. The third-order valence-corrected chi connectivity index (χ3v) is 6.89. The number of aliphatic hydroxyl groups excluding tert-OH is 1. The zero-order valence-corrected chi connectivity index (χ0v) is 15.5. The van der Waals surface area contributed by atoms with Crippen molar-refractivity contribution in [3.8, 4) is 11.5 Å². The Morgan fingerprint density at radius 3 is 2.54 bits per heavy atom. The monoisotopic (exact) mass is 352 g/mol. The normalized spacial score (nSPS) is 22.2. The van der Waals surface area contributed by atoms with Crippen LogP contribution in [0.3, 0.4) is 0 Å². The van der Waals surface area contributed by atoms with Gasteiger partial charge in [-0.3, -0.25) is 0 Å². The minimum absolute atomic E-state index is 0.0696. The van der Waals surface area contributed by atoms with Gasteiger partial charge >= 0.3 is 0 Å². The second kappa shape index (κ2) is 7.98. The molecule has 1 unspecified atom stereocenters. The highest BCUT2D eigenvalue weighted by molar-refractivity contribution is 7.99. The molecule has 0 radical (unpaired) electrons. The molecule has 1 atom stereocenters. The summed E-state index contributed by atoms with van der Waals surface area (Å²) in [5.74, 6) is 2.78. The van der Waals surface area contributed by atoms with Gasteiger partial charge in [0.1, 0.15) is 0 Å². The van der Waals surface area contributed by atoms with Crippen molar-refractivity contribution in [1.29, 1.82) is 0 Å². The molecular formula is C19H28O4S. The molecule has 1 aliphatic heterocycles. The molecule has 1 aliphatic carbocycles. The minimum Gasteiger partial charge on any atom is -0.493 e. The van der Waals surface area contributed by atoms with E-state index in [0.29, 0.717) is 18.6 Å². The van der Waals surface area contributed by atoms with E-state index in [-0.39, 0.29) is 11.9 Å². The maximum absolute atomic E-state index is 9.00. The second-order valence-corrected chi connectivity index (χ2v) is 8.08. The quantitative estimate of drug-likeness (QED) is 0.793. The first kappa shape index (κ1) is 17.9. The molecule has 1 N–H and O–H groups in total. The van der Waals surface area contributed by atoms with Gasteiger partial charge in [-0.25, -0.2) is 0 Å². The first-order chi connectivity index (χ1) is 11.7. The van der Waals surface area contributed by atoms with Gasteiger partial charge in [-0.05, 0) is 53.7 Å². The Bertz CT molecular complexity index is 555. The zero-order valence-electron chi connectivity index (χ0n) is 14.7. The molecule has 4 nitrogen and oxygen atoms in total. The van der Waals surface area contributed by atoms with Crippen LogP contribution in [-0.2, 0) is 11.2 Å². The lowest BCUT2D eigenvalue weighted by molar-refractivity contribution is 0.0932. The van der Waals surface area contributed by atoms with Crippen molar-refractivity contribution >= 4 is 11.8 Å². The molecule has 0 saturated heterocycles. The lowest BCUT2D eigenvalue weighted by Crippen LogP contribution is -2.21. The molecule has 0 aromatic heterocycles. The van der Waals surface area contributed by atoms with E-state index in [2.05, 4.69) is 12.1 Å². The molecule has 1 aromatic carbocycles. The van der Waals surface area contributed by atoms with Gasteiger partial charge in [-0.2, -0.15) is 11.8 Å². The lowest BCUT2D eigenvalue weighted by Gasteiger charge is -2.27. The summed E-state index contributed by atoms with van der Waals surface area (Å²) < 4.78 is 16.7. The predicted octanol–water partition coefficient (Wildman–Crippen LogP) is 3.60. The number of fused-ring (bicyclic) bond motifs is 1. The maximum Gasteiger partial charge on any atom is 0.161 e. The minimum atomic E-state index is 0.0696. The predicted molar refractivity (Wildman–Crippen MR) is 97.3 cm³/mol. The van der Waals surface area contributed by atoms with Crippen molar-refractivity contribution < 1.29 is 19.3 Å². The first-order valence-corrected chi connectivity index (χ1v) is 9.81. The number of ether oxygens (including phenoxy) is 3. The fraction of sp³-hybridized carbons (Fsp3) is 0.684. The number of rotatable bonds is 6. The van der Waals surface area contributed by atoms with E-state index in [9.17, 15) is 0 Å². The molecule has 1 fully saturated rings. The average molecular weight is 352 g/mol. The Kier molecular flexibility index (Phi) is 5.95. The van der Waals surface area contributed by atoms with Crippen molar-refractivity contribution in [3.63, 3.8) is 0 Å². The van der Waals surface area contributed by atoms with E-state index < -0.39 is 0 Å². The summed E-state index contributed by atoms with van der Waals surface area (Å²) in [6, 6.07) is 4.29. The van der Waals surface area contributed by atoms with E-state index >= 15 is 0 Å². The Balaban J connectivity index is 1.94. The number of benzene rings is 1. The molecule has 1 spiro atoms. The highest BCUT2D eigenvalue weighted by Gasteiger charge is 2.38. The van der Waals surface area contributed by atoms with E-state index in [1.54, 1.807) is 14.2 Å². The van der Waals surface area contributed by atoms with Gasteiger partial charge in [0.05, 0.1) is 39.3 Å². The Hall–Kier alpha value is -0.910. The molecule has 0 bridgehead atoms.